The van der Waals surface area contributed by atoms with Gasteiger partial charge in [0.2, 0.25) is 5.91 Å². The predicted octanol–water partition coefficient (Wildman–Crippen LogP) is 1.79. The minimum atomic E-state index is 0.226. The number of hydrogen-bond donors (Lipinski definition) is 1. The number of carbonyl (C=O) groups is 1. The Kier molecular flexibility index (Phi) is 6.11. The molecule has 2 fully saturated rings. The van der Waals surface area contributed by atoms with Crippen molar-refractivity contribution in [2.75, 3.05) is 32.8 Å². The van der Waals surface area contributed by atoms with Crippen molar-refractivity contribution in [2.24, 2.45) is 5.92 Å². The monoisotopic (exact) mass is 268 g/mol. The van der Waals surface area contributed by atoms with Gasteiger partial charge in [-0.05, 0) is 25.7 Å². The molecule has 0 spiro atoms. The maximum Gasteiger partial charge on any atom is 0.236 e. The highest BCUT2D eigenvalue weighted by Gasteiger charge is 2.21. The lowest BCUT2D eigenvalue weighted by Gasteiger charge is -2.29. The first-order valence-corrected chi connectivity index (χ1v) is 7.86. The fraction of sp³-hybridized carbons (Fsp3) is 0.933. The van der Waals surface area contributed by atoms with Crippen LogP contribution in [0, 0.1) is 5.92 Å². The Bertz CT molecular complexity index is 269. The van der Waals surface area contributed by atoms with Gasteiger partial charge in [-0.25, -0.2) is 0 Å². The highest BCUT2D eigenvalue weighted by molar-refractivity contribution is 5.78. The van der Waals surface area contributed by atoms with E-state index in [1.165, 1.54) is 38.5 Å². The predicted molar refractivity (Wildman–Crippen MR) is 76.1 cm³/mol. The number of ether oxygens (including phenoxy) is 1. The molecule has 1 saturated heterocycles. The van der Waals surface area contributed by atoms with Crippen LogP contribution >= 0.6 is 0 Å². The second-order valence-electron chi connectivity index (χ2n) is 5.91. The molecule has 1 saturated carbocycles. The van der Waals surface area contributed by atoms with E-state index in [1.807, 2.05) is 4.90 Å². The van der Waals surface area contributed by atoms with Gasteiger partial charge in [-0.1, -0.05) is 25.7 Å². The molecule has 1 atom stereocenters. The van der Waals surface area contributed by atoms with Crippen molar-refractivity contribution < 1.29 is 9.53 Å². The normalized spacial score (nSPS) is 23.9. The number of rotatable bonds is 4. The van der Waals surface area contributed by atoms with Crippen LogP contribution < -0.4 is 5.32 Å². The molecule has 2 rings (SSSR count). The van der Waals surface area contributed by atoms with E-state index in [9.17, 15) is 4.79 Å². The molecule has 1 heterocycles. The number of nitrogens with one attached hydrogen (secondary N) is 1. The molecular weight excluding hydrogens is 240 g/mol. The van der Waals surface area contributed by atoms with Crippen molar-refractivity contribution >= 4 is 5.91 Å². The summed E-state index contributed by atoms with van der Waals surface area (Å²) in [5, 5.41) is 3.45. The Labute approximate surface area is 116 Å². The van der Waals surface area contributed by atoms with Gasteiger partial charge in [0.15, 0.2) is 0 Å². The number of morpholine rings is 1. The van der Waals surface area contributed by atoms with E-state index in [4.69, 9.17) is 4.74 Å². The van der Waals surface area contributed by atoms with Gasteiger partial charge in [-0.2, -0.15) is 0 Å². The fourth-order valence-corrected chi connectivity index (χ4v) is 3.15. The highest BCUT2D eigenvalue weighted by Crippen LogP contribution is 2.25. The Morgan fingerprint density at radius 1 is 1.21 bits per heavy atom. The van der Waals surface area contributed by atoms with Crippen molar-refractivity contribution in [1.29, 1.82) is 0 Å². The zero-order valence-electron chi connectivity index (χ0n) is 12.2. The van der Waals surface area contributed by atoms with Crippen LogP contribution in [0.4, 0.5) is 0 Å². The maximum absolute atomic E-state index is 12.1. The molecule has 0 bridgehead atoms. The highest BCUT2D eigenvalue weighted by atomic mass is 16.5. The van der Waals surface area contributed by atoms with Gasteiger partial charge < -0.3 is 15.0 Å². The van der Waals surface area contributed by atoms with E-state index < -0.39 is 0 Å². The number of amides is 1. The number of hydrogen-bond acceptors (Lipinski definition) is 3. The third-order valence-corrected chi connectivity index (χ3v) is 4.55. The van der Waals surface area contributed by atoms with E-state index in [0.29, 0.717) is 25.8 Å². The molecule has 0 aromatic heterocycles. The first kappa shape index (κ1) is 14.8. The molecule has 0 aromatic carbocycles. The quantitative estimate of drug-likeness (QED) is 0.790. The van der Waals surface area contributed by atoms with Gasteiger partial charge in [-0.3, -0.25) is 4.79 Å². The smallest absolute Gasteiger partial charge is 0.236 e. The average molecular weight is 268 g/mol. The molecule has 1 N–H and O–H groups in total. The molecule has 110 valence electrons. The van der Waals surface area contributed by atoms with Crippen molar-refractivity contribution in [3.8, 4) is 0 Å². The van der Waals surface area contributed by atoms with E-state index in [2.05, 4.69) is 12.2 Å². The van der Waals surface area contributed by atoms with Crippen LogP contribution in [0.5, 0.6) is 0 Å². The fourth-order valence-electron chi connectivity index (χ4n) is 3.15. The van der Waals surface area contributed by atoms with Gasteiger partial charge in [-0.15, -0.1) is 0 Å². The molecule has 1 aliphatic carbocycles. The third kappa shape index (κ3) is 4.77. The number of carbonyl (C=O) groups excluding carboxylic acids is 1. The first-order chi connectivity index (χ1) is 9.27. The Morgan fingerprint density at radius 2 is 1.84 bits per heavy atom. The van der Waals surface area contributed by atoms with Crippen molar-refractivity contribution in [3.63, 3.8) is 0 Å². The van der Waals surface area contributed by atoms with E-state index in [0.717, 1.165) is 19.0 Å². The number of nitrogens with zero attached hydrogens (tertiary/aromatic N) is 1. The minimum absolute atomic E-state index is 0.226. The maximum atomic E-state index is 12.1. The van der Waals surface area contributed by atoms with Crippen LogP contribution in [0.25, 0.3) is 0 Å². The Balaban J connectivity index is 1.69. The van der Waals surface area contributed by atoms with Gasteiger partial charge >= 0.3 is 0 Å². The lowest BCUT2D eigenvalue weighted by Crippen LogP contribution is -2.47. The second kappa shape index (κ2) is 7.85. The van der Waals surface area contributed by atoms with Gasteiger partial charge in [0.05, 0.1) is 19.8 Å². The van der Waals surface area contributed by atoms with E-state index >= 15 is 0 Å². The summed E-state index contributed by atoms with van der Waals surface area (Å²) in [4.78, 5) is 14.0. The van der Waals surface area contributed by atoms with E-state index in [1.54, 1.807) is 0 Å². The van der Waals surface area contributed by atoms with E-state index in [-0.39, 0.29) is 5.91 Å². The second-order valence-corrected chi connectivity index (χ2v) is 5.91. The zero-order valence-corrected chi connectivity index (χ0v) is 12.2. The van der Waals surface area contributed by atoms with Crippen LogP contribution in [0.15, 0.2) is 0 Å². The zero-order chi connectivity index (χ0) is 13.5. The summed E-state index contributed by atoms with van der Waals surface area (Å²) >= 11 is 0. The molecule has 0 radical (unpaired) electrons. The molecule has 1 amide bonds. The van der Waals surface area contributed by atoms with Crippen LogP contribution in [0.3, 0.4) is 0 Å². The van der Waals surface area contributed by atoms with Crippen molar-refractivity contribution in [2.45, 2.75) is 51.5 Å². The van der Waals surface area contributed by atoms with Gasteiger partial charge in [0, 0.05) is 19.1 Å². The van der Waals surface area contributed by atoms with Gasteiger partial charge in [0.1, 0.15) is 0 Å². The molecule has 1 aliphatic heterocycles. The van der Waals surface area contributed by atoms with Crippen LogP contribution in [-0.4, -0.2) is 49.7 Å². The lowest BCUT2D eigenvalue weighted by atomic mass is 9.93. The van der Waals surface area contributed by atoms with Crippen LogP contribution in [-0.2, 0) is 9.53 Å². The topological polar surface area (TPSA) is 41.6 Å². The molecule has 0 unspecified atom stereocenters. The summed E-state index contributed by atoms with van der Waals surface area (Å²) in [6.45, 7) is 5.59. The minimum Gasteiger partial charge on any atom is -0.378 e. The summed E-state index contributed by atoms with van der Waals surface area (Å²) in [7, 11) is 0. The summed E-state index contributed by atoms with van der Waals surface area (Å²) in [6.07, 6.45) is 8.12. The van der Waals surface area contributed by atoms with Crippen molar-refractivity contribution in [3.05, 3.63) is 0 Å². The molecule has 4 heteroatoms. The summed E-state index contributed by atoms with van der Waals surface area (Å²) in [5.74, 6) is 0.976. The molecule has 19 heavy (non-hydrogen) atoms. The van der Waals surface area contributed by atoms with Crippen molar-refractivity contribution in [1.82, 2.24) is 10.2 Å². The Hall–Kier alpha value is -0.610. The standard InChI is InChI=1S/C15H28N2O2/c1-13(14-6-4-2-3-5-7-14)16-12-15(18)17-8-10-19-11-9-17/h13-14,16H,2-12H2,1H3/t13-/m1/s1. The molecule has 4 nitrogen and oxygen atoms in total. The molecular formula is C15H28N2O2. The van der Waals surface area contributed by atoms with Crippen LogP contribution in [0.1, 0.15) is 45.4 Å². The summed E-state index contributed by atoms with van der Waals surface area (Å²) < 4.78 is 5.27. The Morgan fingerprint density at radius 3 is 2.47 bits per heavy atom. The SMILES string of the molecule is C[C@@H](NCC(=O)N1CCOCC1)C1CCCCCC1. The summed E-state index contributed by atoms with van der Waals surface area (Å²) in [6, 6.07) is 0.461. The average Bonchev–Trinajstić information content (AvgIpc) is 2.74. The lowest BCUT2D eigenvalue weighted by molar-refractivity contribution is -0.134. The first-order valence-electron chi connectivity index (χ1n) is 7.86. The summed E-state index contributed by atoms with van der Waals surface area (Å²) in [5.41, 5.74) is 0. The third-order valence-electron chi connectivity index (χ3n) is 4.55. The molecule has 2 aliphatic rings. The van der Waals surface area contributed by atoms with Gasteiger partial charge in [0.25, 0.3) is 0 Å². The molecule has 0 aromatic rings. The van der Waals surface area contributed by atoms with Crippen LogP contribution in [0.2, 0.25) is 0 Å². The largest absolute Gasteiger partial charge is 0.378 e.